The Morgan fingerprint density at radius 3 is 2.32 bits per heavy atom. The van der Waals surface area contributed by atoms with Gasteiger partial charge in [-0.25, -0.2) is 14.5 Å². The fourth-order valence-corrected chi connectivity index (χ4v) is 5.10. The van der Waals surface area contributed by atoms with E-state index in [-0.39, 0.29) is 11.4 Å². The number of imide groups is 1. The Morgan fingerprint density at radius 1 is 1.03 bits per heavy atom. The number of pyridine rings is 1. The highest BCUT2D eigenvalue weighted by Gasteiger charge is 2.42. The summed E-state index contributed by atoms with van der Waals surface area (Å²) in [6.07, 6.45) is 0.369. The van der Waals surface area contributed by atoms with Crippen molar-refractivity contribution in [2.24, 2.45) is 0 Å². The smallest absolute Gasteiger partial charge is 0.417 e. The lowest BCUT2D eigenvalue weighted by Gasteiger charge is -2.31. The zero-order chi connectivity index (χ0) is 25.0. The topological polar surface area (TPSA) is 89.0 Å². The van der Waals surface area contributed by atoms with Crippen LogP contribution in [0.15, 0.2) is 30.5 Å². The van der Waals surface area contributed by atoms with Crippen molar-refractivity contribution >= 4 is 56.1 Å². The Bertz CT molecular complexity index is 1300. The largest absolute Gasteiger partial charge is 0.443 e. The quantitative estimate of drug-likeness (QED) is 0.391. The van der Waals surface area contributed by atoms with E-state index in [4.69, 9.17) is 9.47 Å². The van der Waals surface area contributed by atoms with Crippen LogP contribution in [0.5, 0.6) is 0 Å². The van der Waals surface area contributed by atoms with E-state index in [1.807, 2.05) is 24.3 Å². The lowest BCUT2D eigenvalue weighted by Crippen LogP contribution is -2.49. The average molecular weight is 484 g/mol. The molecule has 1 unspecified atom stereocenters. The van der Waals surface area contributed by atoms with Gasteiger partial charge in [0.15, 0.2) is 0 Å². The minimum Gasteiger partial charge on any atom is -0.443 e. The Kier molecular flexibility index (Phi) is 5.80. The molecule has 0 aliphatic carbocycles. The highest BCUT2D eigenvalue weighted by atomic mass is 32.1. The maximum Gasteiger partial charge on any atom is 0.417 e. The van der Waals surface area contributed by atoms with Crippen molar-refractivity contribution in [3.63, 3.8) is 0 Å². The van der Waals surface area contributed by atoms with Crippen LogP contribution in [0.3, 0.4) is 0 Å². The van der Waals surface area contributed by atoms with Crippen LogP contribution in [0.4, 0.5) is 15.3 Å². The molecule has 2 aromatic heterocycles. The number of fused-ring (bicyclic) bond motifs is 5. The van der Waals surface area contributed by atoms with Crippen LogP contribution < -0.4 is 4.90 Å². The summed E-state index contributed by atoms with van der Waals surface area (Å²) < 4.78 is 12.1. The number of aromatic nitrogens is 1. The third-order valence-corrected chi connectivity index (χ3v) is 6.32. The molecular formula is C25H29N3O5S. The first kappa shape index (κ1) is 23.9. The molecule has 4 rings (SSSR count). The van der Waals surface area contributed by atoms with Gasteiger partial charge in [0.25, 0.3) is 5.91 Å². The van der Waals surface area contributed by atoms with E-state index in [1.165, 1.54) is 16.2 Å². The number of nitrogens with zero attached hydrogens (tertiary/aromatic N) is 3. The van der Waals surface area contributed by atoms with E-state index in [0.29, 0.717) is 5.69 Å². The number of rotatable bonds is 0. The summed E-state index contributed by atoms with van der Waals surface area (Å²) >= 11 is 1.24. The number of carbonyl (C=O) groups is 3. The first-order valence-electron chi connectivity index (χ1n) is 11.1. The summed E-state index contributed by atoms with van der Waals surface area (Å²) in [5.74, 6) is -0.499. The Morgan fingerprint density at radius 2 is 1.68 bits per heavy atom. The second-order valence-electron chi connectivity index (χ2n) is 10.4. The fourth-order valence-electron chi connectivity index (χ4n) is 3.94. The predicted octanol–water partition coefficient (Wildman–Crippen LogP) is 5.97. The molecule has 0 saturated heterocycles. The summed E-state index contributed by atoms with van der Waals surface area (Å²) in [7, 11) is 0. The van der Waals surface area contributed by atoms with Gasteiger partial charge in [-0.3, -0.25) is 14.7 Å². The van der Waals surface area contributed by atoms with Gasteiger partial charge in [-0.1, -0.05) is 6.07 Å². The Balaban J connectivity index is 1.96. The normalized spacial score (nSPS) is 17.0. The second kappa shape index (κ2) is 8.23. The molecule has 1 aromatic carbocycles. The molecule has 0 saturated carbocycles. The van der Waals surface area contributed by atoms with Gasteiger partial charge >= 0.3 is 12.2 Å². The van der Waals surface area contributed by atoms with Gasteiger partial charge in [0.05, 0.1) is 23.8 Å². The molecule has 0 radical (unpaired) electrons. The predicted molar refractivity (Wildman–Crippen MR) is 133 cm³/mol. The van der Waals surface area contributed by atoms with Crippen LogP contribution in [0.2, 0.25) is 0 Å². The van der Waals surface area contributed by atoms with Crippen molar-refractivity contribution in [3.05, 3.63) is 35.3 Å². The molecule has 3 aromatic rings. The highest BCUT2D eigenvalue weighted by molar-refractivity contribution is 7.21. The van der Waals surface area contributed by atoms with Gasteiger partial charge < -0.3 is 9.47 Å². The van der Waals surface area contributed by atoms with Crippen LogP contribution in [-0.4, -0.2) is 51.8 Å². The zero-order valence-electron chi connectivity index (χ0n) is 20.5. The van der Waals surface area contributed by atoms with Crippen molar-refractivity contribution in [1.29, 1.82) is 0 Å². The van der Waals surface area contributed by atoms with Crippen LogP contribution >= 0.6 is 11.3 Å². The number of hydrogen-bond acceptors (Lipinski definition) is 7. The van der Waals surface area contributed by atoms with Gasteiger partial charge in [0.2, 0.25) is 0 Å². The number of hydrogen-bond donors (Lipinski definition) is 0. The third kappa shape index (κ3) is 4.44. The van der Waals surface area contributed by atoms with Gasteiger partial charge in [-0.15, -0.1) is 11.3 Å². The van der Waals surface area contributed by atoms with Crippen molar-refractivity contribution < 1.29 is 23.9 Å². The molecule has 180 valence electrons. The van der Waals surface area contributed by atoms with E-state index in [0.717, 1.165) is 25.9 Å². The molecule has 1 aliphatic heterocycles. The van der Waals surface area contributed by atoms with Crippen molar-refractivity contribution in [2.75, 3.05) is 11.4 Å². The number of carbonyl (C=O) groups excluding carboxylic acids is 3. The highest BCUT2D eigenvalue weighted by Crippen LogP contribution is 2.44. The second-order valence-corrected chi connectivity index (χ2v) is 11.4. The SMILES string of the molecule is CC1CN(C(=O)OC(C)(C)C)c2c(sc3ccc4ncccc4c23)C(=O)N1C(=O)OC(C)(C)C. The molecule has 0 bridgehead atoms. The maximum absolute atomic E-state index is 13.8. The number of anilines is 1. The van der Waals surface area contributed by atoms with Crippen molar-refractivity contribution in [1.82, 2.24) is 9.88 Å². The summed E-state index contributed by atoms with van der Waals surface area (Å²) in [5.41, 5.74) is -0.333. The van der Waals surface area contributed by atoms with E-state index in [1.54, 1.807) is 54.7 Å². The van der Waals surface area contributed by atoms with E-state index in [9.17, 15) is 14.4 Å². The lowest BCUT2D eigenvalue weighted by molar-refractivity contribution is 0.0182. The molecule has 34 heavy (non-hydrogen) atoms. The van der Waals surface area contributed by atoms with Gasteiger partial charge in [0, 0.05) is 21.7 Å². The van der Waals surface area contributed by atoms with Crippen molar-refractivity contribution in [2.45, 2.75) is 65.7 Å². The standard InChI is InChI=1S/C25H29N3O5S/c1-14-13-27(22(30)32-24(2,3)4)19-18-15-9-8-12-26-16(15)10-11-17(18)34-20(19)21(29)28(14)23(31)33-25(5,6)7/h8-12,14H,13H2,1-7H3. The summed E-state index contributed by atoms with van der Waals surface area (Å²) in [6.45, 7) is 12.4. The first-order valence-corrected chi connectivity index (χ1v) is 12.0. The van der Waals surface area contributed by atoms with Crippen LogP contribution in [0.25, 0.3) is 21.0 Å². The molecule has 1 aliphatic rings. The van der Waals surface area contributed by atoms with Crippen LogP contribution in [0, 0.1) is 0 Å². The Labute approximate surface area is 202 Å². The number of thiophene rings is 1. The van der Waals surface area contributed by atoms with Gasteiger partial charge in [-0.05, 0) is 66.7 Å². The van der Waals surface area contributed by atoms with Crippen LogP contribution in [-0.2, 0) is 9.47 Å². The monoisotopic (exact) mass is 483 g/mol. The molecule has 9 heteroatoms. The van der Waals surface area contributed by atoms with E-state index >= 15 is 0 Å². The third-order valence-electron chi connectivity index (χ3n) is 5.19. The van der Waals surface area contributed by atoms with E-state index < -0.39 is 35.3 Å². The molecule has 3 amide bonds. The Hall–Kier alpha value is -3.20. The lowest BCUT2D eigenvalue weighted by atomic mass is 10.1. The molecule has 3 heterocycles. The number of amides is 3. The van der Waals surface area contributed by atoms with Gasteiger partial charge in [0.1, 0.15) is 16.1 Å². The molecular weight excluding hydrogens is 454 g/mol. The van der Waals surface area contributed by atoms with Crippen molar-refractivity contribution in [3.8, 4) is 0 Å². The average Bonchev–Trinajstić information content (AvgIpc) is 3.04. The first-order chi connectivity index (χ1) is 15.8. The molecule has 0 fully saturated rings. The maximum atomic E-state index is 13.8. The molecule has 0 spiro atoms. The van der Waals surface area contributed by atoms with E-state index in [2.05, 4.69) is 4.98 Å². The summed E-state index contributed by atoms with van der Waals surface area (Å²) in [6, 6.07) is 6.85. The minimum atomic E-state index is -0.779. The molecule has 8 nitrogen and oxygen atoms in total. The molecule has 1 atom stereocenters. The summed E-state index contributed by atoms with van der Waals surface area (Å²) in [5, 5.41) is 1.56. The zero-order valence-corrected chi connectivity index (χ0v) is 21.3. The number of ether oxygens (including phenoxy) is 2. The number of benzene rings is 1. The van der Waals surface area contributed by atoms with Gasteiger partial charge in [-0.2, -0.15) is 0 Å². The fraction of sp³-hybridized carbons (Fsp3) is 0.440. The minimum absolute atomic E-state index is 0.0649. The molecule has 0 N–H and O–H groups in total. The van der Waals surface area contributed by atoms with Crippen LogP contribution in [0.1, 0.15) is 58.1 Å². The summed E-state index contributed by atoms with van der Waals surface area (Å²) in [4.78, 5) is 47.5.